The van der Waals surface area contributed by atoms with Crippen LogP contribution >= 0.6 is 11.6 Å². The standard InChI is InChI=1S/C16H23ClN2/c1-3-4-5-6-9-13(2)19-15-11-8-7-10-14(15)18-16(19)12-17/h7-8,10-11,13H,3-6,9,12H2,1-2H3. The summed E-state index contributed by atoms with van der Waals surface area (Å²) in [6.45, 7) is 4.52. The number of imidazole rings is 1. The zero-order valence-electron chi connectivity index (χ0n) is 11.9. The molecule has 1 aromatic carbocycles. The first-order chi connectivity index (χ1) is 9.27. The van der Waals surface area contributed by atoms with Crippen molar-refractivity contribution in [2.24, 2.45) is 0 Å². The van der Waals surface area contributed by atoms with E-state index in [-0.39, 0.29) is 0 Å². The second-order valence-electron chi connectivity index (χ2n) is 5.22. The highest BCUT2D eigenvalue weighted by Gasteiger charge is 2.14. The second-order valence-corrected chi connectivity index (χ2v) is 5.49. The molecule has 1 unspecified atom stereocenters. The van der Waals surface area contributed by atoms with E-state index >= 15 is 0 Å². The predicted octanol–water partition coefficient (Wildman–Crippen LogP) is 5.31. The van der Waals surface area contributed by atoms with Crippen molar-refractivity contribution in [3.05, 3.63) is 30.1 Å². The van der Waals surface area contributed by atoms with Crippen LogP contribution in [0.5, 0.6) is 0 Å². The number of para-hydroxylation sites is 2. The lowest BCUT2D eigenvalue weighted by Crippen LogP contribution is -2.08. The Morgan fingerprint density at radius 1 is 1.21 bits per heavy atom. The van der Waals surface area contributed by atoms with Crippen molar-refractivity contribution >= 4 is 22.6 Å². The lowest BCUT2D eigenvalue weighted by molar-refractivity contribution is 0.473. The van der Waals surface area contributed by atoms with Crippen molar-refractivity contribution in [2.45, 2.75) is 57.9 Å². The molecule has 2 nitrogen and oxygen atoms in total. The minimum atomic E-state index is 0.470. The third-order valence-electron chi connectivity index (χ3n) is 3.70. The fourth-order valence-electron chi connectivity index (χ4n) is 2.68. The summed E-state index contributed by atoms with van der Waals surface area (Å²) in [6, 6.07) is 8.77. The van der Waals surface area contributed by atoms with E-state index in [0.717, 1.165) is 11.3 Å². The van der Waals surface area contributed by atoms with Crippen molar-refractivity contribution in [1.29, 1.82) is 0 Å². The SMILES string of the molecule is CCCCCCC(C)n1c(CCl)nc2ccccc21. The van der Waals surface area contributed by atoms with Gasteiger partial charge in [0.15, 0.2) is 0 Å². The Balaban J connectivity index is 2.17. The van der Waals surface area contributed by atoms with E-state index in [2.05, 4.69) is 41.6 Å². The third kappa shape index (κ3) is 3.30. The van der Waals surface area contributed by atoms with Crippen LogP contribution in [0.25, 0.3) is 11.0 Å². The fourth-order valence-corrected chi connectivity index (χ4v) is 2.86. The minimum Gasteiger partial charge on any atom is -0.324 e. The van der Waals surface area contributed by atoms with Crippen LogP contribution in [-0.2, 0) is 5.88 Å². The molecular formula is C16H23ClN2. The van der Waals surface area contributed by atoms with Gasteiger partial charge in [-0.05, 0) is 25.5 Å². The quantitative estimate of drug-likeness (QED) is 0.496. The van der Waals surface area contributed by atoms with Gasteiger partial charge >= 0.3 is 0 Å². The highest BCUT2D eigenvalue weighted by Crippen LogP contribution is 2.25. The molecule has 0 bridgehead atoms. The van der Waals surface area contributed by atoms with Gasteiger partial charge < -0.3 is 4.57 Å². The molecule has 19 heavy (non-hydrogen) atoms. The average molecular weight is 279 g/mol. The number of rotatable bonds is 7. The molecule has 104 valence electrons. The van der Waals surface area contributed by atoms with Crippen LogP contribution in [-0.4, -0.2) is 9.55 Å². The van der Waals surface area contributed by atoms with E-state index in [9.17, 15) is 0 Å². The summed E-state index contributed by atoms with van der Waals surface area (Å²) in [7, 11) is 0. The van der Waals surface area contributed by atoms with Crippen molar-refractivity contribution in [1.82, 2.24) is 9.55 Å². The van der Waals surface area contributed by atoms with Crippen molar-refractivity contribution in [3.63, 3.8) is 0 Å². The lowest BCUT2D eigenvalue weighted by atomic mass is 10.1. The van der Waals surface area contributed by atoms with Gasteiger partial charge in [-0.3, -0.25) is 0 Å². The topological polar surface area (TPSA) is 17.8 Å². The van der Waals surface area contributed by atoms with Crippen LogP contribution in [0.2, 0.25) is 0 Å². The van der Waals surface area contributed by atoms with Gasteiger partial charge in [-0.2, -0.15) is 0 Å². The largest absolute Gasteiger partial charge is 0.324 e. The van der Waals surface area contributed by atoms with Gasteiger partial charge in [0, 0.05) is 6.04 Å². The summed E-state index contributed by atoms with van der Waals surface area (Å²) < 4.78 is 2.31. The van der Waals surface area contributed by atoms with E-state index in [0.29, 0.717) is 11.9 Å². The molecule has 3 heteroatoms. The van der Waals surface area contributed by atoms with Gasteiger partial charge in [-0.1, -0.05) is 44.7 Å². The van der Waals surface area contributed by atoms with Gasteiger partial charge in [-0.15, -0.1) is 11.6 Å². The highest BCUT2D eigenvalue weighted by atomic mass is 35.5. The molecule has 2 rings (SSSR count). The van der Waals surface area contributed by atoms with Crippen LogP contribution in [0.1, 0.15) is 57.8 Å². The number of unbranched alkanes of at least 4 members (excludes halogenated alkanes) is 3. The van der Waals surface area contributed by atoms with Gasteiger partial charge in [0.25, 0.3) is 0 Å². The van der Waals surface area contributed by atoms with E-state index in [4.69, 9.17) is 11.6 Å². The van der Waals surface area contributed by atoms with Gasteiger partial charge in [-0.25, -0.2) is 4.98 Å². The lowest BCUT2D eigenvalue weighted by Gasteiger charge is -2.17. The number of halogens is 1. The molecule has 2 aromatic rings. The first-order valence-electron chi connectivity index (χ1n) is 7.29. The minimum absolute atomic E-state index is 0.470. The maximum Gasteiger partial charge on any atom is 0.125 e. The zero-order valence-corrected chi connectivity index (χ0v) is 12.7. The summed E-state index contributed by atoms with van der Waals surface area (Å²) in [5, 5.41) is 0. The van der Waals surface area contributed by atoms with Crippen molar-refractivity contribution < 1.29 is 0 Å². The number of nitrogens with zero attached hydrogens (tertiary/aromatic N) is 2. The third-order valence-corrected chi connectivity index (χ3v) is 3.94. The first kappa shape index (κ1) is 14.4. The molecule has 0 N–H and O–H groups in total. The molecule has 0 aliphatic carbocycles. The smallest absolute Gasteiger partial charge is 0.125 e. The molecule has 0 aliphatic rings. The summed E-state index contributed by atoms with van der Waals surface area (Å²) in [4.78, 5) is 4.63. The summed E-state index contributed by atoms with van der Waals surface area (Å²) in [5.74, 6) is 1.47. The number of fused-ring (bicyclic) bond motifs is 1. The Labute approximate surface area is 120 Å². The van der Waals surface area contributed by atoms with E-state index in [1.807, 2.05) is 6.07 Å². The molecule has 0 saturated heterocycles. The number of hydrogen-bond acceptors (Lipinski definition) is 1. The Morgan fingerprint density at radius 2 is 2.00 bits per heavy atom. The van der Waals surface area contributed by atoms with Crippen LogP contribution in [0.4, 0.5) is 0 Å². The van der Waals surface area contributed by atoms with Gasteiger partial charge in [0.1, 0.15) is 5.82 Å². The number of benzene rings is 1. The first-order valence-corrected chi connectivity index (χ1v) is 7.83. The molecular weight excluding hydrogens is 256 g/mol. The molecule has 1 aromatic heterocycles. The average Bonchev–Trinajstić information content (AvgIpc) is 2.82. The van der Waals surface area contributed by atoms with Crippen LogP contribution < -0.4 is 0 Å². The molecule has 0 spiro atoms. The number of aromatic nitrogens is 2. The molecule has 1 heterocycles. The number of alkyl halides is 1. The second kappa shape index (κ2) is 6.95. The Kier molecular flexibility index (Phi) is 5.26. The molecule has 0 aliphatic heterocycles. The zero-order chi connectivity index (χ0) is 13.7. The van der Waals surface area contributed by atoms with Gasteiger partial charge in [0.05, 0.1) is 16.9 Å². The Bertz CT molecular complexity index is 518. The summed E-state index contributed by atoms with van der Waals surface area (Å²) >= 11 is 6.05. The summed E-state index contributed by atoms with van der Waals surface area (Å²) in [5.41, 5.74) is 2.26. The fraction of sp³-hybridized carbons (Fsp3) is 0.562. The number of hydrogen-bond donors (Lipinski definition) is 0. The van der Waals surface area contributed by atoms with Gasteiger partial charge in [0.2, 0.25) is 0 Å². The van der Waals surface area contributed by atoms with Crippen molar-refractivity contribution in [3.8, 4) is 0 Å². The maximum absolute atomic E-state index is 6.05. The maximum atomic E-state index is 6.05. The Hall–Kier alpha value is -1.02. The monoisotopic (exact) mass is 278 g/mol. The van der Waals surface area contributed by atoms with Crippen LogP contribution in [0.3, 0.4) is 0 Å². The highest BCUT2D eigenvalue weighted by molar-refractivity contribution is 6.16. The summed E-state index contributed by atoms with van der Waals surface area (Å²) in [6.07, 6.45) is 6.42. The normalized spacial score (nSPS) is 13.0. The van der Waals surface area contributed by atoms with E-state index in [1.165, 1.54) is 37.6 Å². The molecule has 0 radical (unpaired) electrons. The molecule has 0 fully saturated rings. The predicted molar refractivity (Wildman–Crippen MR) is 82.8 cm³/mol. The van der Waals surface area contributed by atoms with E-state index in [1.54, 1.807) is 0 Å². The molecule has 0 amide bonds. The van der Waals surface area contributed by atoms with Crippen LogP contribution in [0.15, 0.2) is 24.3 Å². The van der Waals surface area contributed by atoms with Crippen LogP contribution in [0, 0.1) is 0 Å². The molecule has 1 atom stereocenters. The van der Waals surface area contributed by atoms with Crippen molar-refractivity contribution in [2.75, 3.05) is 0 Å². The van der Waals surface area contributed by atoms with E-state index < -0.39 is 0 Å². The molecule has 0 saturated carbocycles. The Morgan fingerprint density at radius 3 is 2.74 bits per heavy atom.